The molecule has 0 aliphatic carbocycles. The van der Waals surface area contributed by atoms with Gasteiger partial charge in [0, 0.05) is 0 Å². The van der Waals surface area contributed by atoms with E-state index in [1.54, 1.807) is 24.3 Å². The van der Waals surface area contributed by atoms with Gasteiger partial charge in [0.2, 0.25) is 0 Å². The molecule has 0 N–H and O–H groups in total. The molecule has 0 aliphatic rings. The summed E-state index contributed by atoms with van der Waals surface area (Å²) in [5.74, 6) is -1.35. The standard InChI is InChI=1S/C16H14B2O3/c1-11-3-7-13(8-4-11)17-15(19)21-16(20)18-14-9-5-12(2)6-10-14/h3-10H,1-2H3. The van der Waals surface area contributed by atoms with E-state index in [0.717, 1.165) is 11.1 Å². The van der Waals surface area contributed by atoms with Crippen LogP contribution >= 0.6 is 0 Å². The van der Waals surface area contributed by atoms with Crippen molar-refractivity contribution in [2.45, 2.75) is 13.8 Å². The molecule has 2 radical (unpaired) electrons. The minimum atomic E-state index is -0.674. The maximum absolute atomic E-state index is 11.6. The van der Waals surface area contributed by atoms with Crippen molar-refractivity contribution in [2.24, 2.45) is 0 Å². The van der Waals surface area contributed by atoms with E-state index in [-0.39, 0.29) is 0 Å². The molecule has 0 fully saturated rings. The summed E-state index contributed by atoms with van der Waals surface area (Å²) in [5, 5.41) is 0. The van der Waals surface area contributed by atoms with Crippen LogP contribution in [0.15, 0.2) is 48.5 Å². The van der Waals surface area contributed by atoms with Crippen molar-refractivity contribution in [1.29, 1.82) is 0 Å². The van der Waals surface area contributed by atoms with E-state index in [9.17, 15) is 9.59 Å². The molecule has 2 aromatic rings. The first kappa shape index (κ1) is 15.1. The predicted molar refractivity (Wildman–Crippen MR) is 85.0 cm³/mol. The zero-order valence-corrected chi connectivity index (χ0v) is 12.0. The van der Waals surface area contributed by atoms with Crippen LogP contribution in [0.3, 0.4) is 0 Å². The maximum Gasteiger partial charge on any atom is 0.300 e. The molecule has 0 saturated carbocycles. The van der Waals surface area contributed by atoms with Gasteiger partial charge in [0.05, 0.1) is 0 Å². The first-order valence-corrected chi connectivity index (χ1v) is 6.61. The van der Waals surface area contributed by atoms with E-state index in [4.69, 9.17) is 4.74 Å². The first-order valence-electron chi connectivity index (χ1n) is 6.61. The summed E-state index contributed by atoms with van der Waals surface area (Å²) in [5.41, 5.74) is 3.61. The second-order valence-electron chi connectivity index (χ2n) is 4.85. The summed E-state index contributed by atoms with van der Waals surface area (Å²) >= 11 is 0. The number of hydrogen-bond acceptors (Lipinski definition) is 3. The average Bonchev–Trinajstić information content (AvgIpc) is 2.44. The lowest BCUT2D eigenvalue weighted by atomic mass is 9.68. The monoisotopic (exact) mass is 276 g/mol. The number of carbonyl (C=O) groups is 2. The Bertz CT molecular complexity index is 576. The largest absolute Gasteiger partial charge is 0.411 e. The number of carbonyl (C=O) groups excluding carboxylic acids is 2. The number of benzene rings is 2. The van der Waals surface area contributed by atoms with Gasteiger partial charge in [-0.15, -0.1) is 0 Å². The maximum atomic E-state index is 11.6. The molecule has 0 aliphatic heterocycles. The highest BCUT2D eigenvalue weighted by Crippen LogP contribution is 1.95. The van der Waals surface area contributed by atoms with E-state index in [2.05, 4.69) is 0 Å². The third-order valence-electron chi connectivity index (χ3n) is 2.92. The van der Waals surface area contributed by atoms with Gasteiger partial charge in [0.25, 0.3) is 26.3 Å². The van der Waals surface area contributed by atoms with Crippen LogP contribution in [0.25, 0.3) is 0 Å². The third kappa shape index (κ3) is 4.95. The Morgan fingerprint density at radius 3 is 1.38 bits per heavy atom. The number of rotatable bonds is 4. The van der Waals surface area contributed by atoms with Crippen molar-refractivity contribution < 1.29 is 14.3 Å². The molecule has 0 bridgehead atoms. The Labute approximate surface area is 125 Å². The first-order chi connectivity index (χ1) is 10.0. The summed E-state index contributed by atoms with van der Waals surface area (Å²) in [6.45, 7) is 3.92. The Hall–Kier alpha value is -2.29. The quantitative estimate of drug-likeness (QED) is 0.633. The average molecular weight is 276 g/mol. The lowest BCUT2D eigenvalue weighted by Crippen LogP contribution is -2.31. The molecule has 0 aromatic heterocycles. The van der Waals surface area contributed by atoms with Gasteiger partial charge in [-0.1, -0.05) is 70.6 Å². The fourth-order valence-electron chi connectivity index (χ4n) is 1.76. The van der Waals surface area contributed by atoms with Crippen molar-refractivity contribution >= 4 is 37.2 Å². The summed E-state index contributed by atoms with van der Waals surface area (Å²) in [6.07, 6.45) is 0. The van der Waals surface area contributed by atoms with Crippen molar-refractivity contribution in [1.82, 2.24) is 0 Å². The summed E-state index contributed by atoms with van der Waals surface area (Å²) in [4.78, 5) is 23.3. The molecule has 0 saturated heterocycles. The van der Waals surface area contributed by atoms with Gasteiger partial charge in [-0.2, -0.15) is 0 Å². The van der Waals surface area contributed by atoms with Crippen molar-refractivity contribution in [3.8, 4) is 0 Å². The molecular formula is C16H14B2O3. The normalized spacial score (nSPS) is 9.81. The summed E-state index contributed by atoms with van der Waals surface area (Å²) in [6, 6.07) is 14.7. The zero-order valence-electron chi connectivity index (χ0n) is 12.0. The Morgan fingerprint density at radius 2 is 1.05 bits per heavy atom. The molecule has 0 spiro atoms. The van der Waals surface area contributed by atoms with Crippen LogP contribution in [-0.4, -0.2) is 26.3 Å². The molecule has 0 amide bonds. The van der Waals surface area contributed by atoms with Crippen LogP contribution in [0.1, 0.15) is 11.1 Å². The number of aryl methyl sites for hydroxylation is 2. The van der Waals surface area contributed by atoms with E-state index in [1.165, 1.54) is 14.6 Å². The van der Waals surface area contributed by atoms with E-state index in [1.807, 2.05) is 38.1 Å². The SMILES string of the molecule is Cc1ccc([B]C(=O)OC(=O)[B]c2ccc(C)cc2)cc1. The van der Waals surface area contributed by atoms with Gasteiger partial charge >= 0.3 is 0 Å². The van der Waals surface area contributed by atoms with Gasteiger partial charge in [0.15, 0.2) is 0 Å². The molecule has 0 unspecified atom stereocenters. The van der Waals surface area contributed by atoms with E-state index < -0.39 is 11.7 Å². The lowest BCUT2D eigenvalue weighted by molar-refractivity contribution is 0.184. The smallest absolute Gasteiger partial charge is 0.300 e. The second-order valence-corrected chi connectivity index (χ2v) is 4.85. The van der Waals surface area contributed by atoms with Crippen LogP contribution in [-0.2, 0) is 4.74 Å². The van der Waals surface area contributed by atoms with Crippen molar-refractivity contribution in [3.05, 3.63) is 59.7 Å². The van der Waals surface area contributed by atoms with Crippen LogP contribution in [0, 0.1) is 13.8 Å². The van der Waals surface area contributed by atoms with Crippen LogP contribution < -0.4 is 10.9 Å². The lowest BCUT2D eigenvalue weighted by Gasteiger charge is -2.03. The molecule has 0 atom stereocenters. The van der Waals surface area contributed by atoms with Crippen LogP contribution in [0.5, 0.6) is 0 Å². The topological polar surface area (TPSA) is 43.4 Å². The Balaban J connectivity index is 1.85. The molecular weight excluding hydrogens is 262 g/mol. The van der Waals surface area contributed by atoms with E-state index >= 15 is 0 Å². The molecule has 5 heteroatoms. The molecule has 102 valence electrons. The highest BCUT2D eigenvalue weighted by Gasteiger charge is 2.14. The molecule has 0 heterocycles. The van der Waals surface area contributed by atoms with Gasteiger partial charge < -0.3 is 4.74 Å². The van der Waals surface area contributed by atoms with Gasteiger partial charge in [-0.05, 0) is 13.8 Å². The highest BCUT2D eigenvalue weighted by molar-refractivity contribution is 6.87. The minimum absolute atomic E-state index is 0.674. The fourth-order valence-corrected chi connectivity index (χ4v) is 1.76. The molecule has 2 aromatic carbocycles. The van der Waals surface area contributed by atoms with Gasteiger partial charge in [-0.3, -0.25) is 9.59 Å². The third-order valence-corrected chi connectivity index (χ3v) is 2.92. The predicted octanol–water partition coefficient (Wildman–Crippen LogP) is 1.92. The number of ether oxygens (including phenoxy) is 1. The Kier molecular flexibility index (Phi) is 4.99. The minimum Gasteiger partial charge on any atom is -0.411 e. The second kappa shape index (κ2) is 6.93. The summed E-state index contributed by atoms with van der Waals surface area (Å²) < 4.78 is 4.73. The molecule has 2 rings (SSSR count). The van der Waals surface area contributed by atoms with Crippen molar-refractivity contribution in [2.75, 3.05) is 0 Å². The van der Waals surface area contributed by atoms with Crippen LogP contribution in [0.2, 0.25) is 0 Å². The van der Waals surface area contributed by atoms with Gasteiger partial charge in [0.1, 0.15) is 0 Å². The Morgan fingerprint density at radius 1 is 0.714 bits per heavy atom. The van der Waals surface area contributed by atoms with Crippen LogP contribution in [0.4, 0.5) is 9.59 Å². The fraction of sp³-hybridized carbons (Fsp3) is 0.125. The zero-order chi connectivity index (χ0) is 15.2. The highest BCUT2D eigenvalue weighted by atomic mass is 16.6. The van der Waals surface area contributed by atoms with E-state index in [0.29, 0.717) is 10.9 Å². The van der Waals surface area contributed by atoms with Crippen molar-refractivity contribution in [3.63, 3.8) is 0 Å². The van der Waals surface area contributed by atoms with Gasteiger partial charge in [-0.25, -0.2) is 0 Å². The molecule has 3 nitrogen and oxygen atoms in total. The summed E-state index contributed by atoms with van der Waals surface area (Å²) in [7, 11) is 2.58. The number of hydrogen-bond donors (Lipinski definition) is 0. The molecule has 21 heavy (non-hydrogen) atoms.